The molecule has 0 spiro atoms. The van der Waals surface area contributed by atoms with Gasteiger partial charge in [0.05, 0.1) is 6.04 Å². The minimum Gasteiger partial charge on any atom is -0.447 e. The van der Waals surface area contributed by atoms with Crippen LogP contribution in [0.3, 0.4) is 0 Å². The number of carbonyl (C=O) groups excluding carboxylic acids is 2. The summed E-state index contributed by atoms with van der Waals surface area (Å²) in [5.74, 6) is 0.159. The Hall–Kier alpha value is -2.10. The first-order valence-electron chi connectivity index (χ1n) is 8.28. The van der Waals surface area contributed by atoms with Crippen LogP contribution >= 0.6 is 0 Å². The van der Waals surface area contributed by atoms with Crippen LogP contribution in [-0.4, -0.2) is 29.5 Å². The van der Waals surface area contributed by atoms with E-state index in [4.69, 9.17) is 4.74 Å². The van der Waals surface area contributed by atoms with Gasteiger partial charge in [0.25, 0.3) is 0 Å². The van der Waals surface area contributed by atoms with E-state index >= 15 is 0 Å². The van der Waals surface area contributed by atoms with Crippen LogP contribution in [0.25, 0.3) is 0 Å². The molecule has 1 aromatic carbocycles. The number of amides is 2. The number of rotatable bonds is 3. The first-order valence-corrected chi connectivity index (χ1v) is 8.28. The molecule has 1 fully saturated rings. The highest BCUT2D eigenvalue weighted by Gasteiger charge is 2.43. The van der Waals surface area contributed by atoms with Gasteiger partial charge in [-0.2, -0.15) is 0 Å². The summed E-state index contributed by atoms with van der Waals surface area (Å²) in [4.78, 5) is 26.5. The van der Waals surface area contributed by atoms with Gasteiger partial charge in [-0.1, -0.05) is 56.3 Å². The summed E-state index contributed by atoms with van der Waals surface area (Å²) in [6, 6.07) is 9.72. The number of allylic oxidation sites excluding steroid dienone is 2. The quantitative estimate of drug-likeness (QED) is 0.803. The Labute approximate surface area is 137 Å². The third-order valence-corrected chi connectivity index (χ3v) is 4.92. The molecule has 2 amide bonds. The Morgan fingerprint density at radius 3 is 2.70 bits per heavy atom. The van der Waals surface area contributed by atoms with Crippen LogP contribution in [0.4, 0.5) is 4.79 Å². The van der Waals surface area contributed by atoms with E-state index in [-0.39, 0.29) is 36.3 Å². The SMILES string of the molecule is C[C@H]1C=CC[C@H](C)[C@H]1C(=O)N1C(=O)OC[C@@H]1Cc1ccccc1. The molecule has 0 bridgehead atoms. The molecule has 1 aliphatic heterocycles. The van der Waals surface area contributed by atoms with Crippen molar-refractivity contribution in [3.8, 4) is 0 Å². The van der Waals surface area contributed by atoms with E-state index in [1.807, 2.05) is 37.3 Å². The van der Waals surface area contributed by atoms with E-state index in [1.165, 1.54) is 4.90 Å². The maximum atomic E-state index is 13.0. The lowest BCUT2D eigenvalue weighted by molar-refractivity contribution is -0.136. The third-order valence-electron chi connectivity index (χ3n) is 4.92. The molecule has 1 saturated heterocycles. The third kappa shape index (κ3) is 3.16. The highest BCUT2D eigenvalue weighted by molar-refractivity contribution is 5.95. The van der Waals surface area contributed by atoms with Gasteiger partial charge in [0, 0.05) is 5.92 Å². The molecule has 122 valence electrons. The second-order valence-corrected chi connectivity index (χ2v) is 6.65. The molecule has 0 saturated carbocycles. The molecule has 1 aromatic rings. The van der Waals surface area contributed by atoms with Crippen molar-refractivity contribution in [2.45, 2.75) is 32.7 Å². The van der Waals surface area contributed by atoms with E-state index in [1.54, 1.807) is 0 Å². The average molecular weight is 313 g/mol. The van der Waals surface area contributed by atoms with Crippen molar-refractivity contribution in [1.29, 1.82) is 0 Å². The van der Waals surface area contributed by atoms with Crippen molar-refractivity contribution in [2.75, 3.05) is 6.61 Å². The van der Waals surface area contributed by atoms with Gasteiger partial charge < -0.3 is 4.74 Å². The molecule has 4 atom stereocenters. The van der Waals surface area contributed by atoms with Crippen LogP contribution in [0, 0.1) is 17.8 Å². The molecule has 1 aliphatic carbocycles. The monoisotopic (exact) mass is 313 g/mol. The average Bonchev–Trinajstić information content (AvgIpc) is 2.88. The van der Waals surface area contributed by atoms with Gasteiger partial charge in [0.1, 0.15) is 6.61 Å². The van der Waals surface area contributed by atoms with Gasteiger partial charge in [0.15, 0.2) is 0 Å². The van der Waals surface area contributed by atoms with Gasteiger partial charge in [-0.05, 0) is 30.2 Å². The summed E-state index contributed by atoms with van der Waals surface area (Å²) in [7, 11) is 0. The van der Waals surface area contributed by atoms with Gasteiger partial charge in [-0.3, -0.25) is 4.79 Å². The van der Waals surface area contributed by atoms with E-state index in [2.05, 4.69) is 19.1 Å². The second-order valence-electron chi connectivity index (χ2n) is 6.65. The summed E-state index contributed by atoms with van der Waals surface area (Å²) < 4.78 is 5.18. The topological polar surface area (TPSA) is 46.6 Å². The first-order chi connectivity index (χ1) is 11.1. The molecule has 0 unspecified atom stereocenters. The van der Waals surface area contributed by atoms with E-state index in [9.17, 15) is 9.59 Å². The molecule has 4 nitrogen and oxygen atoms in total. The van der Waals surface area contributed by atoms with Gasteiger partial charge in [-0.25, -0.2) is 9.69 Å². The molecule has 0 N–H and O–H groups in total. The fourth-order valence-electron chi connectivity index (χ4n) is 3.69. The zero-order chi connectivity index (χ0) is 16.4. The Morgan fingerprint density at radius 1 is 1.26 bits per heavy atom. The van der Waals surface area contributed by atoms with E-state index < -0.39 is 6.09 Å². The Kier molecular flexibility index (Phi) is 4.51. The summed E-state index contributed by atoms with van der Waals surface area (Å²) in [6.45, 7) is 4.41. The Morgan fingerprint density at radius 2 is 2.00 bits per heavy atom. The highest BCUT2D eigenvalue weighted by Crippen LogP contribution is 2.33. The molecule has 3 rings (SSSR count). The fourth-order valence-corrected chi connectivity index (χ4v) is 3.69. The van der Waals surface area contributed by atoms with Crippen LogP contribution in [-0.2, 0) is 16.0 Å². The van der Waals surface area contributed by atoms with E-state index in [0.29, 0.717) is 6.42 Å². The molecule has 4 heteroatoms. The zero-order valence-electron chi connectivity index (χ0n) is 13.6. The van der Waals surface area contributed by atoms with Crippen LogP contribution in [0.15, 0.2) is 42.5 Å². The molecule has 1 heterocycles. The van der Waals surface area contributed by atoms with Crippen molar-refractivity contribution in [3.63, 3.8) is 0 Å². The number of cyclic esters (lactones) is 1. The Bertz CT molecular complexity index is 610. The number of benzene rings is 1. The second kappa shape index (κ2) is 6.57. The number of hydrogen-bond acceptors (Lipinski definition) is 3. The highest BCUT2D eigenvalue weighted by atomic mass is 16.6. The van der Waals surface area contributed by atoms with Gasteiger partial charge >= 0.3 is 6.09 Å². The Balaban J connectivity index is 1.79. The fraction of sp³-hybridized carbons (Fsp3) is 0.474. The molecular formula is C19H23NO3. The lowest BCUT2D eigenvalue weighted by atomic mass is 9.76. The number of carbonyl (C=O) groups is 2. The van der Waals surface area contributed by atoms with Crippen LogP contribution in [0.1, 0.15) is 25.8 Å². The summed E-state index contributed by atoms with van der Waals surface area (Å²) in [6.07, 6.45) is 5.24. The standard InChI is InChI=1S/C19H23NO3/c1-13-7-6-8-14(2)17(13)18(21)20-16(12-23-19(20)22)11-15-9-4-3-5-10-15/h3-7,9-10,13-14,16-17H,8,11-12H2,1-2H3/t13-,14-,16-,17-/m0/s1. The lowest BCUT2D eigenvalue weighted by Crippen LogP contribution is -2.47. The number of nitrogens with zero attached hydrogens (tertiary/aromatic N) is 1. The molecule has 23 heavy (non-hydrogen) atoms. The van der Waals surface area contributed by atoms with Crippen molar-refractivity contribution in [1.82, 2.24) is 4.90 Å². The molecular weight excluding hydrogens is 290 g/mol. The van der Waals surface area contributed by atoms with Crippen LogP contribution in [0.2, 0.25) is 0 Å². The van der Waals surface area contributed by atoms with Gasteiger partial charge in [-0.15, -0.1) is 0 Å². The van der Waals surface area contributed by atoms with Gasteiger partial charge in [0.2, 0.25) is 5.91 Å². The zero-order valence-corrected chi connectivity index (χ0v) is 13.6. The van der Waals surface area contributed by atoms with Crippen molar-refractivity contribution >= 4 is 12.0 Å². The van der Waals surface area contributed by atoms with Crippen molar-refractivity contribution in [3.05, 3.63) is 48.0 Å². The molecule has 0 radical (unpaired) electrons. The maximum absolute atomic E-state index is 13.0. The lowest BCUT2D eigenvalue weighted by Gasteiger charge is -2.33. The summed E-state index contributed by atoms with van der Waals surface area (Å²) in [5, 5.41) is 0. The van der Waals surface area contributed by atoms with Crippen LogP contribution < -0.4 is 0 Å². The minimum atomic E-state index is -0.495. The molecule has 2 aliphatic rings. The van der Waals surface area contributed by atoms with E-state index in [0.717, 1.165) is 12.0 Å². The predicted octanol–water partition coefficient (Wildman–Crippen LogP) is 3.42. The summed E-state index contributed by atoms with van der Waals surface area (Å²) in [5.41, 5.74) is 1.11. The molecule has 0 aromatic heterocycles. The number of imide groups is 1. The first kappa shape index (κ1) is 15.8. The maximum Gasteiger partial charge on any atom is 0.416 e. The number of hydrogen-bond donors (Lipinski definition) is 0. The number of ether oxygens (including phenoxy) is 1. The van der Waals surface area contributed by atoms with Crippen molar-refractivity contribution < 1.29 is 14.3 Å². The predicted molar refractivity (Wildman–Crippen MR) is 87.7 cm³/mol. The smallest absolute Gasteiger partial charge is 0.416 e. The minimum absolute atomic E-state index is 0.0854. The van der Waals surface area contributed by atoms with Crippen LogP contribution in [0.5, 0.6) is 0 Å². The summed E-state index contributed by atoms with van der Waals surface area (Å²) >= 11 is 0. The largest absolute Gasteiger partial charge is 0.447 e. The van der Waals surface area contributed by atoms with Crippen molar-refractivity contribution in [2.24, 2.45) is 17.8 Å². The normalized spacial score (nSPS) is 30.3.